The van der Waals surface area contributed by atoms with Crippen LogP contribution >= 0.6 is 8.38 Å². The van der Waals surface area contributed by atoms with Crippen LogP contribution in [0.15, 0.2) is 0 Å². The summed E-state index contributed by atoms with van der Waals surface area (Å²) in [7, 11) is -1.79. The predicted molar refractivity (Wildman–Crippen MR) is 53.0 cm³/mol. The molecule has 0 spiro atoms. The predicted octanol–water partition coefficient (Wildman–Crippen LogP) is 1.75. The number of nitrogens with zero attached hydrogens (tertiary/aromatic N) is 1. The molecule has 0 aliphatic carbocycles. The minimum absolute atomic E-state index is 0.0278. The monoisotopic (exact) mass is 193 g/mol. The van der Waals surface area contributed by atoms with E-state index in [-0.39, 0.29) is 5.78 Å². The van der Waals surface area contributed by atoms with Gasteiger partial charge in [-0.2, -0.15) is 0 Å². The van der Waals surface area contributed by atoms with Crippen LogP contribution in [0.3, 0.4) is 0 Å². The Morgan fingerprint density at radius 3 is 1.92 bits per heavy atom. The Hall–Kier alpha value is 0.310. The molecule has 0 aromatic rings. The van der Waals surface area contributed by atoms with E-state index in [0.29, 0.717) is 0 Å². The number of hydrogen-bond acceptors (Lipinski definition) is 3. The van der Waals surface area contributed by atoms with Crippen molar-refractivity contribution in [3.05, 3.63) is 0 Å². The van der Waals surface area contributed by atoms with Crippen molar-refractivity contribution in [2.45, 2.75) is 39.4 Å². The Morgan fingerprint density at radius 2 is 1.67 bits per heavy atom. The molecule has 3 nitrogen and oxygen atoms in total. The molecular formula is C8H20NO2P. The normalized spacial score (nSPS) is 14.2. The molecule has 0 saturated heterocycles. The zero-order chi connectivity index (χ0) is 9.56. The summed E-state index contributed by atoms with van der Waals surface area (Å²) >= 11 is 0. The van der Waals surface area contributed by atoms with Crippen LogP contribution in [0.2, 0.25) is 0 Å². The fraction of sp³-hybridized carbons (Fsp3) is 1.00. The first-order valence-electron chi connectivity index (χ1n) is 4.58. The Balaban J connectivity index is 4.05. The van der Waals surface area contributed by atoms with E-state index in [0.717, 1.165) is 25.9 Å². The Kier molecular flexibility index (Phi) is 6.96. The van der Waals surface area contributed by atoms with Crippen LogP contribution < -0.4 is 0 Å². The Morgan fingerprint density at radius 1 is 1.17 bits per heavy atom. The molecule has 0 bridgehead atoms. The van der Waals surface area contributed by atoms with Crippen molar-refractivity contribution in [2.24, 2.45) is 0 Å². The second-order valence-electron chi connectivity index (χ2n) is 2.81. The zero-order valence-corrected chi connectivity index (χ0v) is 9.09. The molecule has 0 saturated carbocycles. The van der Waals surface area contributed by atoms with Gasteiger partial charge in [-0.3, -0.25) is 4.90 Å². The first-order chi connectivity index (χ1) is 5.67. The Bertz CT molecular complexity index is 107. The van der Waals surface area contributed by atoms with Crippen molar-refractivity contribution in [3.63, 3.8) is 0 Å². The van der Waals surface area contributed by atoms with Crippen LogP contribution in [-0.4, -0.2) is 33.6 Å². The molecule has 4 heteroatoms. The van der Waals surface area contributed by atoms with Gasteiger partial charge in [0.05, 0.1) is 5.78 Å². The highest BCUT2D eigenvalue weighted by Gasteiger charge is 2.21. The summed E-state index contributed by atoms with van der Waals surface area (Å²) in [6, 6.07) is 0. The van der Waals surface area contributed by atoms with Crippen molar-refractivity contribution < 1.29 is 9.79 Å². The van der Waals surface area contributed by atoms with Crippen molar-refractivity contribution in [2.75, 3.05) is 13.1 Å². The highest BCUT2D eigenvalue weighted by Crippen LogP contribution is 2.36. The van der Waals surface area contributed by atoms with E-state index in [1.54, 1.807) is 0 Å². The summed E-state index contributed by atoms with van der Waals surface area (Å²) < 4.78 is 0. The van der Waals surface area contributed by atoms with Crippen LogP contribution in [0.5, 0.6) is 0 Å². The molecule has 0 rings (SSSR count). The van der Waals surface area contributed by atoms with Crippen molar-refractivity contribution in [1.29, 1.82) is 0 Å². The minimum Gasteiger partial charge on any atom is -0.349 e. The van der Waals surface area contributed by atoms with Crippen molar-refractivity contribution >= 4 is 8.38 Å². The van der Waals surface area contributed by atoms with E-state index in [2.05, 4.69) is 11.8 Å². The average molecular weight is 193 g/mol. The van der Waals surface area contributed by atoms with E-state index in [1.807, 2.05) is 13.8 Å². The summed E-state index contributed by atoms with van der Waals surface area (Å²) in [5.41, 5.74) is 0. The van der Waals surface area contributed by atoms with Gasteiger partial charge in [0.15, 0.2) is 8.38 Å². The molecular weight excluding hydrogens is 173 g/mol. The van der Waals surface area contributed by atoms with Gasteiger partial charge in [0.25, 0.3) is 0 Å². The molecule has 0 aromatic carbocycles. The third-order valence-electron chi connectivity index (χ3n) is 2.05. The molecule has 0 radical (unpaired) electrons. The molecule has 0 aliphatic heterocycles. The molecule has 0 aliphatic rings. The largest absolute Gasteiger partial charge is 0.349 e. The van der Waals surface area contributed by atoms with Gasteiger partial charge in [-0.15, -0.1) is 0 Å². The van der Waals surface area contributed by atoms with E-state index in [4.69, 9.17) is 9.79 Å². The third-order valence-corrected chi connectivity index (χ3v) is 3.17. The molecule has 1 unspecified atom stereocenters. The maximum atomic E-state index is 9.15. The van der Waals surface area contributed by atoms with Crippen LogP contribution in [0.4, 0.5) is 0 Å². The van der Waals surface area contributed by atoms with Gasteiger partial charge < -0.3 is 9.79 Å². The van der Waals surface area contributed by atoms with Crippen molar-refractivity contribution in [3.8, 4) is 0 Å². The van der Waals surface area contributed by atoms with E-state index in [9.17, 15) is 0 Å². The second kappa shape index (κ2) is 6.79. The van der Waals surface area contributed by atoms with Gasteiger partial charge in [-0.25, -0.2) is 0 Å². The topological polar surface area (TPSA) is 43.7 Å². The molecule has 0 heterocycles. The van der Waals surface area contributed by atoms with Gasteiger partial charge in [0, 0.05) is 0 Å². The van der Waals surface area contributed by atoms with Crippen LogP contribution in [-0.2, 0) is 0 Å². The van der Waals surface area contributed by atoms with Gasteiger partial charge in [-0.05, 0) is 19.5 Å². The molecule has 2 N–H and O–H groups in total. The number of rotatable bonds is 6. The lowest BCUT2D eigenvalue weighted by Gasteiger charge is -2.29. The second-order valence-corrected chi connectivity index (χ2v) is 4.05. The third kappa shape index (κ3) is 3.81. The zero-order valence-electron chi connectivity index (χ0n) is 8.19. The molecule has 0 fully saturated rings. The lowest BCUT2D eigenvalue weighted by Crippen LogP contribution is -2.33. The smallest absolute Gasteiger partial charge is 0.183 e. The van der Waals surface area contributed by atoms with Crippen LogP contribution in [0.1, 0.15) is 33.6 Å². The highest BCUT2D eigenvalue weighted by atomic mass is 31.2. The first kappa shape index (κ1) is 12.3. The SMILES string of the molecule is CCCC(N(CC)CC)P(O)O. The van der Waals surface area contributed by atoms with Crippen LogP contribution in [0, 0.1) is 0 Å². The summed E-state index contributed by atoms with van der Waals surface area (Å²) in [6.07, 6.45) is 1.88. The summed E-state index contributed by atoms with van der Waals surface area (Å²) in [5, 5.41) is 0. The quantitative estimate of drug-likeness (QED) is 0.631. The van der Waals surface area contributed by atoms with E-state index in [1.165, 1.54) is 0 Å². The minimum atomic E-state index is -1.79. The fourth-order valence-corrected chi connectivity index (χ4v) is 2.46. The Labute approximate surface area is 76.3 Å². The fourth-order valence-electron chi connectivity index (χ4n) is 1.35. The molecule has 0 amide bonds. The standard InChI is InChI=1S/C8H20NO2P/c1-4-7-8(12(10)11)9(5-2)6-3/h8,10-11H,4-7H2,1-3H3. The molecule has 0 aromatic heterocycles. The summed E-state index contributed by atoms with van der Waals surface area (Å²) in [6.45, 7) is 7.94. The van der Waals surface area contributed by atoms with E-state index < -0.39 is 8.38 Å². The molecule has 1 atom stereocenters. The average Bonchev–Trinajstić information content (AvgIpc) is 2.05. The van der Waals surface area contributed by atoms with Gasteiger partial charge in [0.1, 0.15) is 0 Å². The van der Waals surface area contributed by atoms with Gasteiger partial charge in [0.2, 0.25) is 0 Å². The maximum absolute atomic E-state index is 9.15. The maximum Gasteiger partial charge on any atom is 0.183 e. The summed E-state index contributed by atoms with van der Waals surface area (Å²) in [4.78, 5) is 20.4. The highest BCUT2D eigenvalue weighted by molar-refractivity contribution is 7.45. The lowest BCUT2D eigenvalue weighted by atomic mass is 10.3. The molecule has 74 valence electrons. The van der Waals surface area contributed by atoms with Gasteiger partial charge >= 0.3 is 0 Å². The summed E-state index contributed by atoms with van der Waals surface area (Å²) in [5.74, 6) is -0.0278. The lowest BCUT2D eigenvalue weighted by molar-refractivity contribution is 0.245. The molecule has 12 heavy (non-hydrogen) atoms. The van der Waals surface area contributed by atoms with Crippen molar-refractivity contribution in [1.82, 2.24) is 4.90 Å². The van der Waals surface area contributed by atoms with E-state index >= 15 is 0 Å². The van der Waals surface area contributed by atoms with Gasteiger partial charge in [-0.1, -0.05) is 27.2 Å². The number of hydrogen-bond donors (Lipinski definition) is 2. The van der Waals surface area contributed by atoms with Crippen LogP contribution in [0.25, 0.3) is 0 Å². The first-order valence-corrected chi connectivity index (χ1v) is 5.89.